The van der Waals surface area contributed by atoms with Crippen molar-refractivity contribution in [1.29, 1.82) is 0 Å². The molecule has 7 heteroatoms. The SMILES string of the molecule is Cc1ccc(S(=O)(=O)n2c3c(c4ccccc42)SCc2ccccc2C(=O)N3)cc1. The van der Waals surface area contributed by atoms with Gasteiger partial charge in [0.15, 0.2) is 0 Å². The van der Waals surface area contributed by atoms with E-state index in [0.29, 0.717) is 22.7 Å². The van der Waals surface area contributed by atoms with Crippen LogP contribution in [0.4, 0.5) is 5.82 Å². The van der Waals surface area contributed by atoms with Gasteiger partial charge in [-0.2, -0.15) is 0 Å². The van der Waals surface area contributed by atoms with Gasteiger partial charge < -0.3 is 5.32 Å². The minimum Gasteiger partial charge on any atom is -0.306 e. The Hall–Kier alpha value is -3.03. The first-order valence-electron chi connectivity index (χ1n) is 9.44. The van der Waals surface area contributed by atoms with Crippen LogP contribution < -0.4 is 5.32 Å². The highest BCUT2D eigenvalue weighted by atomic mass is 32.2. The van der Waals surface area contributed by atoms with E-state index in [4.69, 9.17) is 0 Å². The second-order valence-corrected chi connectivity index (χ2v) is 9.95. The van der Waals surface area contributed by atoms with Crippen molar-refractivity contribution < 1.29 is 13.2 Å². The average molecular weight is 435 g/mol. The van der Waals surface area contributed by atoms with Crippen LogP contribution in [0.25, 0.3) is 10.9 Å². The van der Waals surface area contributed by atoms with E-state index in [-0.39, 0.29) is 10.8 Å². The Bertz CT molecular complexity index is 1400. The van der Waals surface area contributed by atoms with Crippen molar-refractivity contribution in [2.45, 2.75) is 22.5 Å². The standard InChI is InChI=1S/C23H18N2O3S2/c1-15-10-12-17(13-11-15)30(27,28)25-20-9-5-4-8-19(20)21-22(25)24-23(26)18-7-3-2-6-16(18)14-29-21/h2-13H,14H2,1H3,(H,24,26). The quantitative estimate of drug-likeness (QED) is 0.480. The number of nitrogens with one attached hydrogen (secondary N) is 1. The number of benzene rings is 3. The van der Waals surface area contributed by atoms with Gasteiger partial charge in [-0.3, -0.25) is 4.79 Å². The fourth-order valence-corrected chi connectivity index (χ4v) is 6.40. The molecule has 30 heavy (non-hydrogen) atoms. The number of hydrogen-bond donors (Lipinski definition) is 1. The van der Waals surface area contributed by atoms with Gasteiger partial charge >= 0.3 is 0 Å². The molecule has 0 saturated heterocycles. The summed E-state index contributed by atoms with van der Waals surface area (Å²) in [5, 5.41) is 3.69. The molecule has 1 aromatic heterocycles. The van der Waals surface area contributed by atoms with Crippen LogP contribution >= 0.6 is 11.8 Å². The minimum atomic E-state index is -3.92. The number of rotatable bonds is 2. The molecule has 0 unspecified atom stereocenters. The van der Waals surface area contributed by atoms with Crippen LogP contribution in [0.15, 0.2) is 82.6 Å². The van der Waals surface area contributed by atoms with Crippen LogP contribution in [-0.2, 0) is 15.8 Å². The number of fused-ring (bicyclic) bond motifs is 4. The normalized spacial score (nSPS) is 13.8. The molecule has 0 saturated carbocycles. The van der Waals surface area contributed by atoms with E-state index < -0.39 is 10.0 Å². The van der Waals surface area contributed by atoms with Gasteiger partial charge in [0.25, 0.3) is 15.9 Å². The number of para-hydroxylation sites is 1. The van der Waals surface area contributed by atoms with Crippen molar-refractivity contribution in [3.05, 3.63) is 89.5 Å². The van der Waals surface area contributed by atoms with Gasteiger partial charge in [0.2, 0.25) is 0 Å². The molecule has 1 aliphatic rings. The summed E-state index contributed by atoms with van der Waals surface area (Å²) in [6.07, 6.45) is 0. The van der Waals surface area contributed by atoms with E-state index in [1.165, 1.54) is 15.7 Å². The molecule has 0 spiro atoms. The summed E-state index contributed by atoms with van der Waals surface area (Å²) >= 11 is 1.53. The zero-order valence-corrected chi connectivity index (χ0v) is 17.8. The summed E-state index contributed by atoms with van der Waals surface area (Å²) in [6.45, 7) is 1.91. The third-order valence-electron chi connectivity index (χ3n) is 5.21. The first kappa shape index (κ1) is 19.0. The molecule has 0 aliphatic carbocycles. The number of amides is 1. The lowest BCUT2D eigenvalue weighted by molar-refractivity contribution is 0.102. The Morgan fingerprint density at radius 3 is 2.43 bits per heavy atom. The van der Waals surface area contributed by atoms with E-state index >= 15 is 0 Å². The molecule has 0 radical (unpaired) electrons. The largest absolute Gasteiger partial charge is 0.306 e. The maximum Gasteiger partial charge on any atom is 0.269 e. The predicted molar refractivity (Wildman–Crippen MR) is 120 cm³/mol. The Morgan fingerprint density at radius 2 is 1.63 bits per heavy atom. The second kappa shape index (κ2) is 7.04. The van der Waals surface area contributed by atoms with Gasteiger partial charge in [0.1, 0.15) is 5.82 Å². The lowest BCUT2D eigenvalue weighted by Gasteiger charge is -2.17. The van der Waals surface area contributed by atoms with Crippen molar-refractivity contribution in [3.8, 4) is 0 Å². The van der Waals surface area contributed by atoms with E-state index in [0.717, 1.165) is 21.4 Å². The van der Waals surface area contributed by atoms with Crippen LogP contribution in [0.2, 0.25) is 0 Å². The third-order valence-corrected chi connectivity index (χ3v) is 8.10. The molecular formula is C23H18N2O3S2. The summed E-state index contributed by atoms with van der Waals surface area (Å²) in [4.78, 5) is 14.0. The van der Waals surface area contributed by atoms with Crippen LogP contribution in [-0.4, -0.2) is 18.3 Å². The number of carbonyl (C=O) groups is 1. The molecule has 5 nitrogen and oxygen atoms in total. The molecule has 150 valence electrons. The van der Waals surface area contributed by atoms with Crippen molar-refractivity contribution in [2.75, 3.05) is 5.32 Å². The van der Waals surface area contributed by atoms with Crippen LogP contribution in [0.3, 0.4) is 0 Å². The number of aromatic nitrogens is 1. The third kappa shape index (κ3) is 2.93. The summed E-state index contributed by atoms with van der Waals surface area (Å²) in [5.41, 5.74) is 2.99. The molecule has 1 amide bonds. The van der Waals surface area contributed by atoms with E-state index in [1.54, 1.807) is 42.5 Å². The van der Waals surface area contributed by atoms with Crippen molar-refractivity contribution in [1.82, 2.24) is 3.97 Å². The fourth-order valence-electron chi connectivity index (χ4n) is 3.69. The Labute approximate surface area is 178 Å². The summed E-state index contributed by atoms with van der Waals surface area (Å²) in [7, 11) is -3.92. The van der Waals surface area contributed by atoms with Crippen molar-refractivity contribution in [3.63, 3.8) is 0 Å². The van der Waals surface area contributed by atoms with Gasteiger partial charge in [-0.15, -0.1) is 11.8 Å². The highest BCUT2D eigenvalue weighted by Crippen LogP contribution is 2.43. The Morgan fingerprint density at radius 1 is 0.933 bits per heavy atom. The Balaban J connectivity index is 1.77. The second-order valence-electron chi connectivity index (χ2n) is 7.18. The maximum absolute atomic E-state index is 13.6. The van der Waals surface area contributed by atoms with Gasteiger partial charge in [-0.25, -0.2) is 12.4 Å². The number of aryl methyl sites for hydroxylation is 1. The zero-order chi connectivity index (χ0) is 20.9. The number of anilines is 1. The topological polar surface area (TPSA) is 68.2 Å². The lowest BCUT2D eigenvalue weighted by Crippen LogP contribution is -2.22. The summed E-state index contributed by atoms with van der Waals surface area (Å²) in [6, 6.07) is 21.5. The van der Waals surface area contributed by atoms with Gasteiger partial charge in [0, 0.05) is 16.7 Å². The molecule has 1 N–H and O–H groups in total. The van der Waals surface area contributed by atoms with E-state index in [2.05, 4.69) is 5.32 Å². The molecule has 0 bridgehead atoms. The smallest absolute Gasteiger partial charge is 0.269 e. The van der Waals surface area contributed by atoms with Crippen LogP contribution in [0.1, 0.15) is 21.5 Å². The summed E-state index contributed by atoms with van der Waals surface area (Å²) in [5.74, 6) is 0.562. The van der Waals surface area contributed by atoms with Crippen molar-refractivity contribution >= 4 is 44.4 Å². The minimum absolute atomic E-state index is 0.179. The van der Waals surface area contributed by atoms with Gasteiger partial charge in [0.05, 0.1) is 15.3 Å². The molecule has 0 fully saturated rings. The van der Waals surface area contributed by atoms with Crippen molar-refractivity contribution in [2.24, 2.45) is 0 Å². The molecule has 4 aromatic rings. The number of thioether (sulfide) groups is 1. The van der Waals surface area contributed by atoms with Crippen LogP contribution in [0, 0.1) is 6.92 Å². The predicted octanol–water partition coefficient (Wildman–Crippen LogP) is 5.04. The molecule has 3 aromatic carbocycles. The van der Waals surface area contributed by atoms with Crippen LogP contribution in [0.5, 0.6) is 0 Å². The molecule has 2 heterocycles. The average Bonchev–Trinajstić information content (AvgIpc) is 3.04. The monoisotopic (exact) mass is 434 g/mol. The van der Waals surface area contributed by atoms with Gasteiger partial charge in [-0.05, 0) is 36.8 Å². The number of carbonyl (C=O) groups excluding carboxylic acids is 1. The molecule has 5 rings (SSSR count). The fraction of sp³-hybridized carbons (Fsp3) is 0.0870. The highest BCUT2D eigenvalue weighted by molar-refractivity contribution is 7.99. The maximum atomic E-state index is 13.6. The van der Waals surface area contributed by atoms with Gasteiger partial charge in [-0.1, -0.05) is 54.1 Å². The first-order chi connectivity index (χ1) is 14.5. The Kier molecular flexibility index (Phi) is 4.45. The van der Waals surface area contributed by atoms with E-state index in [1.807, 2.05) is 37.3 Å². The molecular weight excluding hydrogens is 416 g/mol. The molecule has 0 atom stereocenters. The first-order valence-corrected chi connectivity index (χ1v) is 11.9. The number of hydrogen-bond acceptors (Lipinski definition) is 4. The molecule has 1 aliphatic heterocycles. The number of nitrogens with zero attached hydrogens (tertiary/aromatic N) is 1. The summed E-state index contributed by atoms with van der Waals surface area (Å²) < 4.78 is 28.6. The lowest BCUT2D eigenvalue weighted by atomic mass is 10.1. The zero-order valence-electron chi connectivity index (χ0n) is 16.1. The van der Waals surface area contributed by atoms with E-state index in [9.17, 15) is 13.2 Å². The highest BCUT2D eigenvalue weighted by Gasteiger charge is 2.30.